The van der Waals surface area contributed by atoms with Gasteiger partial charge in [0.05, 0.1) is 0 Å². The summed E-state index contributed by atoms with van der Waals surface area (Å²) in [6, 6.07) is 0. The van der Waals surface area contributed by atoms with Gasteiger partial charge in [0.15, 0.2) is 0 Å². The van der Waals surface area contributed by atoms with Crippen LogP contribution in [-0.2, 0) is 14.4 Å². The molecule has 0 unspecified atom stereocenters. The monoisotopic (exact) mass is 218 g/mol. The predicted octanol–water partition coefficient (Wildman–Crippen LogP) is -2.16. The highest BCUT2D eigenvalue weighted by Crippen LogP contribution is 2.23. The molecule has 0 aromatic heterocycles. The molecule has 2 amide bonds. The van der Waals surface area contributed by atoms with E-state index in [0.717, 1.165) is 0 Å². The second-order valence-corrected chi connectivity index (χ2v) is 3.17. The lowest BCUT2D eigenvalue weighted by atomic mass is 9.83. The Bertz CT molecular complexity index is 262. The Hall–Kier alpha value is -1.67. The van der Waals surface area contributed by atoms with Gasteiger partial charge in [-0.05, 0) is 13.3 Å². The van der Waals surface area contributed by atoms with Gasteiger partial charge in [-0.15, -0.1) is 0 Å². The highest BCUT2D eigenvalue weighted by molar-refractivity contribution is 6.04. The first kappa shape index (κ1) is 13.3. The Kier molecular flexibility index (Phi) is 4.68. The van der Waals surface area contributed by atoms with Crippen molar-refractivity contribution in [3.05, 3.63) is 0 Å². The van der Waals surface area contributed by atoms with Crippen LogP contribution in [0.15, 0.2) is 0 Å². The second-order valence-electron chi connectivity index (χ2n) is 3.17. The summed E-state index contributed by atoms with van der Waals surface area (Å²) < 4.78 is 0. The fourth-order valence-corrected chi connectivity index (χ4v) is 1.01. The minimum atomic E-state index is -1.58. The number of hydrogen-bond donors (Lipinski definition) is 5. The molecule has 0 saturated carbocycles. The number of carbonyl (C=O) groups excluding carboxylic acids is 2. The van der Waals surface area contributed by atoms with E-state index in [1.807, 2.05) is 0 Å². The molecule has 0 aromatic carbocycles. The van der Waals surface area contributed by atoms with Crippen LogP contribution in [0, 0.1) is 5.41 Å². The minimum absolute atomic E-state index is 0.186. The van der Waals surface area contributed by atoms with Crippen molar-refractivity contribution in [3.63, 3.8) is 0 Å². The number of amides is 2. The Morgan fingerprint density at radius 1 is 1.20 bits per heavy atom. The zero-order valence-corrected chi connectivity index (χ0v) is 8.24. The number of nitrogens with one attached hydrogen (secondary N) is 2. The average Bonchev–Trinajstić information content (AvgIpc) is 2.23. The first-order chi connectivity index (χ1) is 6.88. The van der Waals surface area contributed by atoms with Gasteiger partial charge in [0.25, 0.3) is 0 Å². The van der Waals surface area contributed by atoms with E-state index in [0.29, 0.717) is 0 Å². The SMILES string of the molecule is CC(CCC(=O)O)(C(=O)NN)C(=O)NN. The second kappa shape index (κ2) is 5.27. The van der Waals surface area contributed by atoms with Gasteiger partial charge in [-0.3, -0.25) is 25.2 Å². The zero-order valence-electron chi connectivity index (χ0n) is 8.24. The van der Waals surface area contributed by atoms with Crippen molar-refractivity contribution < 1.29 is 19.5 Å². The van der Waals surface area contributed by atoms with E-state index in [1.54, 1.807) is 10.9 Å². The first-order valence-corrected chi connectivity index (χ1v) is 4.12. The molecule has 0 aliphatic heterocycles. The molecule has 0 aliphatic rings. The zero-order chi connectivity index (χ0) is 12.1. The topological polar surface area (TPSA) is 148 Å². The molecule has 0 heterocycles. The van der Waals surface area contributed by atoms with Crippen LogP contribution < -0.4 is 22.5 Å². The molecule has 0 aromatic rings. The fraction of sp³-hybridized carbons (Fsp3) is 0.571. The van der Waals surface area contributed by atoms with Crippen LogP contribution in [-0.4, -0.2) is 22.9 Å². The van der Waals surface area contributed by atoms with Crippen molar-refractivity contribution in [2.24, 2.45) is 17.1 Å². The molecular formula is C7H14N4O4. The number of hydrazine groups is 2. The van der Waals surface area contributed by atoms with Crippen molar-refractivity contribution in [2.45, 2.75) is 19.8 Å². The van der Waals surface area contributed by atoms with Gasteiger partial charge >= 0.3 is 5.97 Å². The van der Waals surface area contributed by atoms with E-state index in [4.69, 9.17) is 16.8 Å². The predicted molar refractivity (Wildman–Crippen MR) is 49.6 cm³/mol. The van der Waals surface area contributed by atoms with Gasteiger partial charge in [0.1, 0.15) is 5.41 Å². The first-order valence-electron chi connectivity index (χ1n) is 4.12. The van der Waals surface area contributed by atoms with Gasteiger partial charge < -0.3 is 5.11 Å². The van der Waals surface area contributed by atoms with Crippen LogP contribution in [0.1, 0.15) is 19.8 Å². The number of nitrogens with two attached hydrogens (primary N) is 2. The summed E-state index contributed by atoms with van der Waals surface area (Å²) in [4.78, 5) is 32.9. The van der Waals surface area contributed by atoms with Crippen molar-refractivity contribution >= 4 is 17.8 Å². The van der Waals surface area contributed by atoms with Gasteiger partial charge in [-0.1, -0.05) is 0 Å². The van der Waals surface area contributed by atoms with Crippen LogP contribution in [0.25, 0.3) is 0 Å². The summed E-state index contributed by atoms with van der Waals surface area (Å²) in [6.07, 6.45) is -0.522. The normalized spacial score (nSPS) is 10.6. The third kappa shape index (κ3) is 3.18. The van der Waals surface area contributed by atoms with E-state index < -0.39 is 23.2 Å². The number of hydrogen-bond acceptors (Lipinski definition) is 5. The molecule has 0 spiro atoms. The lowest BCUT2D eigenvalue weighted by Crippen LogP contribution is -2.53. The maximum Gasteiger partial charge on any atom is 0.303 e. The molecule has 0 rings (SSSR count). The Morgan fingerprint density at radius 2 is 1.60 bits per heavy atom. The van der Waals surface area contributed by atoms with Crippen LogP contribution in [0.3, 0.4) is 0 Å². The van der Waals surface area contributed by atoms with Gasteiger partial charge in [-0.25, -0.2) is 11.7 Å². The highest BCUT2D eigenvalue weighted by atomic mass is 16.4. The highest BCUT2D eigenvalue weighted by Gasteiger charge is 2.40. The molecule has 0 aliphatic carbocycles. The number of rotatable bonds is 5. The molecule has 0 saturated heterocycles. The van der Waals surface area contributed by atoms with E-state index in [-0.39, 0.29) is 12.8 Å². The molecule has 86 valence electrons. The van der Waals surface area contributed by atoms with Crippen LogP contribution in [0.5, 0.6) is 0 Å². The smallest absolute Gasteiger partial charge is 0.303 e. The Balaban J connectivity index is 4.77. The molecule has 8 heteroatoms. The molecule has 8 nitrogen and oxygen atoms in total. The summed E-state index contributed by atoms with van der Waals surface area (Å²) in [6.45, 7) is 1.26. The average molecular weight is 218 g/mol. The lowest BCUT2D eigenvalue weighted by Gasteiger charge is -2.24. The van der Waals surface area contributed by atoms with E-state index in [1.165, 1.54) is 6.92 Å². The molecule has 15 heavy (non-hydrogen) atoms. The standard InChI is InChI=1S/C7H14N4O4/c1-7(5(14)10-8,6(15)11-9)3-2-4(12)13/h2-3,8-9H2,1H3,(H,10,14)(H,11,15)(H,12,13). The minimum Gasteiger partial charge on any atom is -0.481 e. The summed E-state index contributed by atoms with van der Waals surface area (Å²) >= 11 is 0. The molecule has 0 atom stereocenters. The van der Waals surface area contributed by atoms with E-state index >= 15 is 0 Å². The summed E-state index contributed by atoms with van der Waals surface area (Å²) in [5.41, 5.74) is 2.01. The van der Waals surface area contributed by atoms with Gasteiger partial charge in [-0.2, -0.15) is 0 Å². The number of aliphatic carboxylic acids is 1. The maximum atomic E-state index is 11.3. The molecule has 0 radical (unpaired) electrons. The molecular weight excluding hydrogens is 204 g/mol. The molecule has 7 N–H and O–H groups in total. The largest absolute Gasteiger partial charge is 0.481 e. The molecule has 0 bridgehead atoms. The Labute approximate surface area is 85.9 Å². The van der Waals surface area contributed by atoms with Crippen molar-refractivity contribution in [2.75, 3.05) is 0 Å². The summed E-state index contributed by atoms with van der Waals surface area (Å²) in [5, 5.41) is 8.46. The maximum absolute atomic E-state index is 11.3. The van der Waals surface area contributed by atoms with E-state index in [2.05, 4.69) is 0 Å². The van der Waals surface area contributed by atoms with E-state index in [9.17, 15) is 14.4 Å². The van der Waals surface area contributed by atoms with Crippen molar-refractivity contribution in [1.82, 2.24) is 10.9 Å². The number of carboxylic acids is 1. The molecule has 0 fully saturated rings. The van der Waals surface area contributed by atoms with Crippen molar-refractivity contribution in [3.8, 4) is 0 Å². The fourth-order valence-electron chi connectivity index (χ4n) is 1.01. The summed E-state index contributed by atoms with van der Waals surface area (Å²) in [7, 11) is 0. The van der Waals surface area contributed by atoms with Crippen LogP contribution >= 0.6 is 0 Å². The third-order valence-corrected chi connectivity index (χ3v) is 2.10. The van der Waals surface area contributed by atoms with Crippen LogP contribution in [0.2, 0.25) is 0 Å². The van der Waals surface area contributed by atoms with Crippen molar-refractivity contribution in [1.29, 1.82) is 0 Å². The van der Waals surface area contributed by atoms with Gasteiger partial charge in [0.2, 0.25) is 11.8 Å². The van der Waals surface area contributed by atoms with Crippen LogP contribution in [0.4, 0.5) is 0 Å². The number of carbonyl (C=O) groups is 3. The van der Waals surface area contributed by atoms with Gasteiger partial charge in [0, 0.05) is 6.42 Å². The number of carboxylic acid groups (broad SMARTS) is 1. The third-order valence-electron chi connectivity index (χ3n) is 2.10. The quantitative estimate of drug-likeness (QED) is 0.153. The lowest BCUT2D eigenvalue weighted by molar-refractivity contribution is -0.144. The Morgan fingerprint density at radius 3 is 1.87 bits per heavy atom. The summed E-state index contributed by atoms with van der Waals surface area (Å²) in [5.74, 6) is 7.09.